The summed E-state index contributed by atoms with van der Waals surface area (Å²) in [5.74, 6) is 0.616. The van der Waals surface area contributed by atoms with E-state index in [1.807, 2.05) is 23.6 Å². The van der Waals surface area contributed by atoms with E-state index < -0.39 is 0 Å². The maximum absolute atomic E-state index is 5.87. The van der Waals surface area contributed by atoms with Gasteiger partial charge in [-0.1, -0.05) is 0 Å². The molecule has 5 nitrogen and oxygen atoms in total. The summed E-state index contributed by atoms with van der Waals surface area (Å²) < 4.78 is 7.12. The molecule has 0 saturated carbocycles. The van der Waals surface area contributed by atoms with Crippen molar-refractivity contribution < 1.29 is 4.74 Å². The van der Waals surface area contributed by atoms with Crippen molar-refractivity contribution in [2.45, 2.75) is 19.5 Å². The number of nitrogens with two attached hydrogens (primary N) is 1. The molecular formula is C12H16N4O. The molecule has 17 heavy (non-hydrogen) atoms. The van der Waals surface area contributed by atoms with Gasteiger partial charge in [0.05, 0.1) is 19.1 Å². The third-order valence-corrected chi connectivity index (χ3v) is 2.57. The van der Waals surface area contributed by atoms with Crippen molar-refractivity contribution in [1.29, 1.82) is 0 Å². The van der Waals surface area contributed by atoms with Crippen LogP contribution in [-0.2, 0) is 6.54 Å². The van der Waals surface area contributed by atoms with Gasteiger partial charge >= 0.3 is 0 Å². The maximum atomic E-state index is 5.87. The van der Waals surface area contributed by atoms with E-state index in [1.54, 1.807) is 25.8 Å². The van der Waals surface area contributed by atoms with E-state index in [0.717, 1.165) is 17.8 Å². The molecule has 0 bridgehead atoms. The molecule has 5 heteroatoms. The van der Waals surface area contributed by atoms with Crippen molar-refractivity contribution in [2.75, 3.05) is 7.11 Å². The summed E-state index contributed by atoms with van der Waals surface area (Å²) in [6.45, 7) is 2.66. The fourth-order valence-corrected chi connectivity index (χ4v) is 1.70. The van der Waals surface area contributed by atoms with Crippen molar-refractivity contribution >= 4 is 0 Å². The molecule has 0 amide bonds. The van der Waals surface area contributed by atoms with Crippen LogP contribution in [0.1, 0.15) is 24.2 Å². The van der Waals surface area contributed by atoms with Crippen LogP contribution in [0.3, 0.4) is 0 Å². The van der Waals surface area contributed by atoms with Crippen LogP contribution >= 0.6 is 0 Å². The molecule has 0 spiro atoms. The van der Waals surface area contributed by atoms with Crippen LogP contribution < -0.4 is 10.5 Å². The molecule has 2 N–H and O–H groups in total. The van der Waals surface area contributed by atoms with E-state index in [0.29, 0.717) is 5.88 Å². The highest BCUT2D eigenvalue weighted by molar-refractivity contribution is 5.21. The second-order valence-electron chi connectivity index (χ2n) is 3.94. The Bertz CT molecular complexity index is 493. The van der Waals surface area contributed by atoms with Gasteiger partial charge in [-0.15, -0.1) is 0 Å². The zero-order valence-electron chi connectivity index (χ0n) is 10.00. The fraction of sp³-hybridized carbons (Fsp3) is 0.333. The van der Waals surface area contributed by atoms with Crippen molar-refractivity contribution in [3.63, 3.8) is 0 Å². The molecule has 2 aromatic rings. The molecule has 0 aromatic carbocycles. The molecule has 0 unspecified atom stereocenters. The first-order chi connectivity index (χ1) is 8.20. The van der Waals surface area contributed by atoms with E-state index in [4.69, 9.17) is 10.5 Å². The molecule has 0 saturated heterocycles. The Hall–Kier alpha value is -1.88. The summed E-state index contributed by atoms with van der Waals surface area (Å²) in [6.07, 6.45) is 5.31. The van der Waals surface area contributed by atoms with Gasteiger partial charge in [0.2, 0.25) is 5.88 Å². The minimum atomic E-state index is -0.0266. The van der Waals surface area contributed by atoms with Crippen LogP contribution in [0.25, 0.3) is 0 Å². The normalized spacial score (nSPS) is 12.4. The molecule has 2 aromatic heterocycles. The predicted molar refractivity (Wildman–Crippen MR) is 64.7 cm³/mol. The van der Waals surface area contributed by atoms with Crippen molar-refractivity contribution in [1.82, 2.24) is 14.5 Å². The molecule has 2 heterocycles. The van der Waals surface area contributed by atoms with Gasteiger partial charge in [-0.05, 0) is 18.6 Å². The van der Waals surface area contributed by atoms with Crippen molar-refractivity contribution in [2.24, 2.45) is 5.73 Å². The molecule has 0 aliphatic carbocycles. The Morgan fingerprint density at radius 2 is 2.35 bits per heavy atom. The number of nitrogens with zero attached hydrogens (tertiary/aromatic N) is 3. The van der Waals surface area contributed by atoms with E-state index >= 15 is 0 Å². The van der Waals surface area contributed by atoms with Gasteiger partial charge < -0.3 is 15.0 Å². The lowest BCUT2D eigenvalue weighted by molar-refractivity contribution is 0.397. The minimum absolute atomic E-state index is 0.0266. The summed E-state index contributed by atoms with van der Waals surface area (Å²) in [5.41, 5.74) is 7.99. The van der Waals surface area contributed by atoms with E-state index in [1.165, 1.54) is 0 Å². The van der Waals surface area contributed by atoms with E-state index in [2.05, 4.69) is 9.97 Å². The quantitative estimate of drug-likeness (QED) is 0.864. The third-order valence-electron chi connectivity index (χ3n) is 2.57. The van der Waals surface area contributed by atoms with Gasteiger partial charge in [0.15, 0.2) is 0 Å². The lowest BCUT2D eigenvalue weighted by Crippen LogP contribution is -2.12. The van der Waals surface area contributed by atoms with Gasteiger partial charge in [-0.2, -0.15) is 0 Å². The number of pyridine rings is 1. The fourth-order valence-electron chi connectivity index (χ4n) is 1.70. The SMILES string of the molecule is COc1cc(Cn2cncc2[C@@H](C)N)ccn1. The molecule has 0 radical (unpaired) electrons. The Balaban J connectivity index is 2.22. The zero-order chi connectivity index (χ0) is 12.3. The van der Waals surface area contributed by atoms with E-state index in [-0.39, 0.29) is 6.04 Å². The monoisotopic (exact) mass is 232 g/mol. The Morgan fingerprint density at radius 1 is 1.53 bits per heavy atom. The largest absolute Gasteiger partial charge is 0.481 e. The second kappa shape index (κ2) is 4.97. The molecule has 0 aliphatic rings. The minimum Gasteiger partial charge on any atom is -0.481 e. The van der Waals surface area contributed by atoms with Gasteiger partial charge in [-0.3, -0.25) is 0 Å². The summed E-state index contributed by atoms with van der Waals surface area (Å²) in [6, 6.07) is 3.83. The van der Waals surface area contributed by atoms with Crippen molar-refractivity contribution in [3.05, 3.63) is 42.1 Å². The van der Waals surface area contributed by atoms with Gasteiger partial charge in [0.25, 0.3) is 0 Å². The maximum Gasteiger partial charge on any atom is 0.213 e. The van der Waals surface area contributed by atoms with Crippen LogP contribution in [0.5, 0.6) is 5.88 Å². The highest BCUT2D eigenvalue weighted by atomic mass is 16.5. The molecule has 0 fully saturated rings. The predicted octanol–water partition coefficient (Wildman–Crippen LogP) is 1.35. The summed E-state index contributed by atoms with van der Waals surface area (Å²) in [7, 11) is 1.61. The number of aromatic nitrogens is 3. The van der Waals surface area contributed by atoms with Crippen LogP contribution in [0.15, 0.2) is 30.9 Å². The number of hydrogen-bond acceptors (Lipinski definition) is 4. The number of rotatable bonds is 4. The first kappa shape index (κ1) is 11.6. The average Bonchev–Trinajstić information content (AvgIpc) is 2.77. The number of hydrogen-bond donors (Lipinski definition) is 1. The zero-order valence-corrected chi connectivity index (χ0v) is 10.00. The van der Waals surface area contributed by atoms with Gasteiger partial charge in [0.1, 0.15) is 0 Å². The number of imidazole rings is 1. The Morgan fingerprint density at radius 3 is 3.06 bits per heavy atom. The lowest BCUT2D eigenvalue weighted by atomic mass is 10.2. The first-order valence-electron chi connectivity index (χ1n) is 5.45. The average molecular weight is 232 g/mol. The summed E-state index contributed by atoms with van der Waals surface area (Å²) >= 11 is 0. The number of ether oxygens (including phenoxy) is 1. The first-order valence-corrected chi connectivity index (χ1v) is 5.45. The smallest absolute Gasteiger partial charge is 0.213 e. The number of methoxy groups -OCH3 is 1. The highest BCUT2D eigenvalue weighted by Crippen LogP contribution is 2.14. The van der Waals surface area contributed by atoms with Crippen LogP contribution in [0.2, 0.25) is 0 Å². The Kier molecular flexibility index (Phi) is 3.39. The molecular weight excluding hydrogens is 216 g/mol. The molecule has 1 atom stereocenters. The third kappa shape index (κ3) is 2.62. The van der Waals surface area contributed by atoms with Gasteiger partial charge in [-0.25, -0.2) is 9.97 Å². The van der Waals surface area contributed by atoms with E-state index in [9.17, 15) is 0 Å². The topological polar surface area (TPSA) is 66.0 Å². The van der Waals surface area contributed by atoms with Crippen LogP contribution in [0.4, 0.5) is 0 Å². The summed E-state index contributed by atoms with van der Waals surface area (Å²) in [4.78, 5) is 8.19. The summed E-state index contributed by atoms with van der Waals surface area (Å²) in [5, 5.41) is 0. The van der Waals surface area contributed by atoms with Crippen LogP contribution in [0, 0.1) is 0 Å². The van der Waals surface area contributed by atoms with Gasteiger partial charge in [0, 0.05) is 31.0 Å². The molecule has 0 aliphatic heterocycles. The van der Waals surface area contributed by atoms with Crippen LogP contribution in [-0.4, -0.2) is 21.6 Å². The molecule has 90 valence electrons. The highest BCUT2D eigenvalue weighted by Gasteiger charge is 2.07. The lowest BCUT2D eigenvalue weighted by Gasteiger charge is -2.11. The molecule has 2 rings (SSSR count). The standard InChI is InChI=1S/C12H16N4O/c1-9(13)11-6-14-8-16(11)7-10-3-4-15-12(5-10)17-2/h3-6,8-9H,7,13H2,1-2H3/t9-/m1/s1. The van der Waals surface area contributed by atoms with Crippen molar-refractivity contribution in [3.8, 4) is 5.88 Å². The Labute approximate surface area is 100 Å². The second-order valence-corrected chi connectivity index (χ2v) is 3.94.